The quantitative estimate of drug-likeness (QED) is 0.470. The second kappa shape index (κ2) is 14.1. The highest BCUT2D eigenvalue weighted by Gasteiger charge is 2.04. The van der Waals surface area contributed by atoms with Crippen LogP contribution in [0.25, 0.3) is 0 Å². The van der Waals surface area contributed by atoms with Gasteiger partial charge in [0.2, 0.25) is 0 Å². The highest BCUT2D eigenvalue weighted by molar-refractivity contribution is 9.50. The van der Waals surface area contributed by atoms with Gasteiger partial charge >= 0.3 is 0 Å². The average Bonchev–Trinajstić information content (AvgIpc) is 2.05. The molecule has 1 aromatic rings. The fraction of sp³-hybridized carbons (Fsp3) is 0. The lowest BCUT2D eigenvalue weighted by Crippen LogP contribution is -1.86. The minimum absolute atomic E-state index is 0. The summed E-state index contributed by atoms with van der Waals surface area (Å²) >= 11 is 3.13. The molecule has 98 valence electrons. The zero-order valence-corrected chi connectivity index (χ0v) is 9.80. The number of nitro groups is 1. The topological polar surface area (TPSA) is 43.1 Å². The van der Waals surface area contributed by atoms with Crippen LogP contribution in [0.2, 0.25) is 0 Å². The Kier molecular flexibility index (Phi) is 25.9. The van der Waals surface area contributed by atoms with E-state index in [0.717, 1.165) is 4.90 Å². The number of halogens is 6. The summed E-state index contributed by atoms with van der Waals surface area (Å²) in [4.78, 5) is 10.7. The second-order valence-corrected chi connectivity index (χ2v) is 3.43. The van der Waals surface area contributed by atoms with Gasteiger partial charge in [-0.05, 0) is 31.1 Å². The Balaban J connectivity index is -0.0000000807. The molecule has 3 nitrogen and oxygen atoms in total. The maximum Gasteiger partial charge on any atom is 0.270 e. The molecule has 0 saturated carbocycles. The summed E-state index contributed by atoms with van der Waals surface area (Å²) in [5.74, 6) is 0. The maximum absolute atomic E-state index is 10.3. The lowest BCUT2D eigenvalue weighted by molar-refractivity contribution is -0.385. The molecule has 10 heteroatoms. The molecule has 0 aliphatic heterocycles. The molecule has 0 radical (unpaired) electrons. The first kappa shape index (κ1) is 29.4. The molecule has 0 aromatic heterocycles. The van der Waals surface area contributed by atoms with Gasteiger partial charge in [-0.3, -0.25) is 33.6 Å². The Morgan fingerprint density at radius 3 is 2.00 bits per heavy atom. The van der Waals surface area contributed by atoms with Crippen molar-refractivity contribution in [3.8, 4) is 0 Å². The number of hydrogen-bond acceptors (Lipinski definition) is 3. The van der Waals surface area contributed by atoms with E-state index in [9.17, 15) is 10.1 Å². The summed E-state index contributed by atoms with van der Waals surface area (Å²) < 4.78 is 0. The molecule has 0 N–H and O–H groups in total. The monoisotopic (exact) mass is 333 g/mol. The Morgan fingerprint density at radius 1 is 1.12 bits per heavy atom. The van der Waals surface area contributed by atoms with Gasteiger partial charge in [0.15, 0.2) is 0 Å². The first-order chi connectivity index (χ1) is 5.24. The van der Waals surface area contributed by atoms with Gasteiger partial charge in [-0.1, -0.05) is 6.07 Å². The third kappa shape index (κ3) is 8.41. The average molecular weight is 334 g/mol. The normalized spacial score (nSPS) is 6.56. The summed E-state index contributed by atoms with van der Waals surface area (Å²) in [5, 5.41) is 10.3. The number of hydrogen-bond donors (Lipinski definition) is 0. The summed E-state index contributed by atoms with van der Waals surface area (Å²) in [6, 6.07) is 6.43. The second-order valence-electron chi connectivity index (χ2n) is 1.83. The molecule has 0 aliphatic rings. The van der Waals surface area contributed by atoms with Crippen molar-refractivity contribution in [3.63, 3.8) is 0 Å². The Labute approximate surface area is 98.8 Å². The zero-order chi connectivity index (χ0) is 8.27. The Morgan fingerprint density at radius 2 is 1.62 bits per heavy atom. The molecule has 16 heavy (non-hydrogen) atoms. The van der Waals surface area contributed by atoms with Gasteiger partial charge in [-0.15, -0.1) is 0 Å². The van der Waals surface area contributed by atoms with E-state index < -0.39 is 4.92 Å². The lowest BCUT2D eigenvalue weighted by Gasteiger charge is -1.92. The van der Waals surface area contributed by atoms with Crippen molar-refractivity contribution in [3.05, 3.63) is 34.4 Å². The van der Waals surface area contributed by atoms with Crippen molar-refractivity contribution >= 4 is 30.7 Å². The number of non-ortho nitro benzene ring substituents is 1. The van der Waals surface area contributed by atoms with Crippen LogP contribution in [0.3, 0.4) is 0 Å². The first-order valence-corrected chi connectivity index (χ1v) is 5.43. The number of nitrogens with zero attached hydrogens (tertiary/aromatic N) is 1. The summed E-state index contributed by atoms with van der Waals surface area (Å²) in [6.45, 7) is 0. The van der Waals surface area contributed by atoms with Crippen molar-refractivity contribution in [1.82, 2.24) is 0 Å². The number of benzene rings is 1. The molecule has 0 saturated heterocycles. The number of nitro benzene ring substituents is 1. The molecule has 0 spiro atoms. The predicted octanol–water partition coefficient (Wildman–Crippen LogP) is 3.76. The zero-order valence-electron chi connectivity index (χ0n) is 7.40. The van der Waals surface area contributed by atoms with Crippen molar-refractivity contribution in [1.29, 1.82) is 0 Å². The van der Waals surface area contributed by atoms with E-state index in [4.69, 9.17) is 0 Å². The van der Waals surface area contributed by atoms with E-state index >= 15 is 0 Å². The third-order valence-electron chi connectivity index (χ3n) is 1.12. The van der Waals surface area contributed by atoms with Crippen molar-refractivity contribution in [2.24, 2.45) is 0 Å². The van der Waals surface area contributed by atoms with E-state index in [1.165, 1.54) is 22.3 Å². The summed E-state index contributed by atoms with van der Waals surface area (Å²) in [6.07, 6.45) is 0. The smallest absolute Gasteiger partial charge is 0.269 e. The van der Waals surface area contributed by atoms with Gasteiger partial charge in [-0.25, -0.2) is 0 Å². The molecule has 0 unspecified atom stereocenters. The van der Waals surface area contributed by atoms with Crippen LogP contribution in [0.4, 0.5) is 29.2 Å². The van der Waals surface area contributed by atoms with E-state index in [2.05, 4.69) is 14.8 Å². The van der Waals surface area contributed by atoms with E-state index in [-0.39, 0.29) is 29.2 Å². The summed E-state index contributed by atoms with van der Waals surface area (Å²) in [7, 11) is 1.31. The minimum Gasteiger partial charge on any atom is -0.269 e. The van der Waals surface area contributed by atoms with Gasteiger partial charge in [-0.2, -0.15) is 0 Å². The molecule has 0 fully saturated rings. The van der Waals surface area contributed by atoms with E-state index in [1.807, 2.05) is 0 Å². The van der Waals surface area contributed by atoms with Gasteiger partial charge < -0.3 is 0 Å². The van der Waals surface area contributed by atoms with Gasteiger partial charge in [0.05, 0.1) is 4.92 Å². The van der Waals surface area contributed by atoms with Crippen LogP contribution in [-0.2, 0) is 0 Å². The maximum atomic E-state index is 10.3. The van der Waals surface area contributed by atoms with Crippen LogP contribution in [0.15, 0.2) is 29.2 Å². The van der Waals surface area contributed by atoms with Crippen LogP contribution in [-0.4, -0.2) is 4.92 Å². The molecule has 0 aliphatic carbocycles. The van der Waals surface area contributed by atoms with Crippen LogP contribution in [0.1, 0.15) is 0 Å². The SMILES string of the molecule is F.F.F.F.F.O=[N+]([O-])c1cccc(SBr)c1. The van der Waals surface area contributed by atoms with Crippen LogP contribution in [0, 0.1) is 10.1 Å². The Hall–Kier alpha value is -0.900. The standard InChI is InChI=1S/C6H4BrNO2S.5FH/c7-11-6-3-1-2-5(4-6)8(9)10;;;;;/h1-4H;5*1H. The molecule has 0 heterocycles. The fourth-order valence-corrected chi connectivity index (χ4v) is 1.54. The van der Waals surface area contributed by atoms with Crippen LogP contribution in [0.5, 0.6) is 0 Å². The largest absolute Gasteiger partial charge is 0.270 e. The molecule has 0 atom stereocenters. The van der Waals surface area contributed by atoms with Crippen molar-refractivity contribution in [2.45, 2.75) is 4.90 Å². The highest BCUT2D eigenvalue weighted by atomic mass is 79.9. The molecule has 0 amide bonds. The van der Waals surface area contributed by atoms with Crippen molar-refractivity contribution < 1.29 is 28.4 Å². The van der Waals surface area contributed by atoms with Crippen LogP contribution >= 0.6 is 25.0 Å². The van der Waals surface area contributed by atoms with Gasteiger partial charge in [0, 0.05) is 17.0 Å². The van der Waals surface area contributed by atoms with Crippen molar-refractivity contribution in [2.75, 3.05) is 0 Å². The van der Waals surface area contributed by atoms with Crippen LogP contribution < -0.4 is 0 Å². The number of rotatable bonds is 2. The molecule has 1 rings (SSSR count). The highest BCUT2D eigenvalue weighted by Crippen LogP contribution is 2.26. The summed E-state index contributed by atoms with van der Waals surface area (Å²) in [5.41, 5.74) is 0.120. The third-order valence-corrected chi connectivity index (χ3v) is 2.67. The van der Waals surface area contributed by atoms with Gasteiger partial charge in [0.1, 0.15) is 0 Å². The van der Waals surface area contributed by atoms with E-state index in [0.29, 0.717) is 0 Å². The van der Waals surface area contributed by atoms with E-state index in [1.54, 1.807) is 12.1 Å². The first-order valence-electron chi connectivity index (χ1n) is 2.77. The molecular formula is C6H9BrF5NO2S. The molecule has 0 bridgehead atoms. The van der Waals surface area contributed by atoms with Gasteiger partial charge in [0.25, 0.3) is 5.69 Å². The molecule has 1 aromatic carbocycles. The lowest BCUT2D eigenvalue weighted by atomic mass is 10.3. The fourth-order valence-electron chi connectivity index (χ4n) is 0.645. The molecular weight excluding hydrogens is 325 g/mol. The Bertz CT molecular complexity index is 293. The predicted molar refractivity (Wildman–Crippen MR) is 60.4 cm³/mol. The minimum atomic E-state index is -0.410.